The Morgan fingerprint density at radius 1 is 1.30 bits per heavy atom. The highest BCUT2D eigenvalue weighted by atomic mass is 32.2. The lowest BCUT2D eigenvalue weighted by Gasteiger charge is -2.29. The van der Waals surface area contributed by atoms with Gasteiger partial charge < -0.3 is 4.90 Å². The molecule has 1 amide bonds. The molecule has 1 heterocycles. The van der Waals surface area contributed by atoms with Crippen molar-refractivity contribution in [2.24, 2.45) is 5.14 Å². The predicted molar refractivity (Wildman–Crippen MR) is 41.0 cm³/mol. The van der Waals surface area contributed by atoms with Crippen molar-refractivity contribution in [2.45, 2.75) is 0 Å². The molecule has 1 rings (SSSR count). The van der Waals surface area contributed by atoms with Crippen LogP contribution in [0.2, 0.25) is 0 Å². The van der Waals surface area contributed by atoms with Crippen LogP contribution < -0.4 is 5.14 Å². The normalized spacial score (nSPS) is 21.1. The number of hydrogen-bond donors (Lipinski definition) is 1. The summed E-state index contributed by atoms with van der Waals surface area (Å²) in [6.07, 6.45) is 0.887. The Hall–Kier alpha value is -0.260. The predicted octanol–water partition coefficient (Wildman–Crippen LogP) is -0.718. The zero-order chi connectivity index (χ0) is 7.40. The molecule has 5 heteroatoms. The van der Waals surface area contributed by atoms with Gasteiger partial charge in [-0.25, -0.2) is 4.31 Å². The number of rotatable bonds is 2. The molecule has 1 aliphatic rings. The molecule has 0 unspecified atom stereocenters. The maximum atomic E-state index is 10.2. The summed E-state index contributed by atoms with van der Waals surface area (Å²) in [5, 5.41) is 5.33. The van der Waals surface area contributed by atoms with E-state index < -0.39 is 0 Å². The molecule has 0 bridgehead atoms. The van der Waals surface area contributed by atoms with E-state index in [2.05, 4.69) is 0 Å². The Bertz CT molecular complexity index is 113. The first-order chi connectivity index (χ1) is 4.86. The van der Waals surface area contributed by atoms with Crippen LogP contribution in [0.15, 0.2) is 0 Å². The number of carbonyl (C=O) groups is 1. The second-order valence-electron chi connectivity index (χ2n) is 2.18. The lowest BCUT2D eigenvalue weighted by molar-refractivity contribution is -0.119. The molecule has 10 heavy (non-hydrogen) atoms. The number of nitrogens with two attached hydrogens (primary N) is 1. The Kier molecular flexibility index (Phi) is 2.98. The molecule has 0 saturated carbocycles. The molecule has 0 aromatic rings. The summed E-state index contributed by atoms with van der Waals surface area (Å²) in [6, 6.07) is 0. The molecule has 1 saturated heterocycles. The van der Waals surface area contributed by atoms with Crippen LogP contribution in [-0.2, 0) is 4.79 Å². The second-order valence-corrected chi connectivity index (χ2v) is 2.90. The summed E-state index contributed by atoms with van der Waals surface area (Å²) < 4.78 is 2.04. The molecule has 58 valence electrons. The summed E-state index contributed by atoms with van der Waals surface area (Å²) in [7, 11) is 0. The fraction of sp³-hybridized carbons (Fsp3) is 0.800. The third kappa shape index (κ3) is 1.86. The minimum Gasteiger partial charge on any atom is -0.343 e. The molecule has 0 aliphatic carbocycles. The van der Waals surface area contributed by atoms with E-state index in [0.717, 1.165) is 32.6 Å². The lowest BCUT2D eigenvalue weighted by Crippen LogP contribution is -2.43. The summed E-state index contributed by atoms with van der Waals surface area (Å²) >= 11 is 1.25. The van der Waals surface area contributed by atoms with Gasteiger partial charge in [-0.05, 0) is 0 Å². The van der Waals surface area contributed by atoms with Gasteiger partial charge in [-0.2, -0.15) is 0 Å². The maximum absolute atomic E-state index is 10.2. The van der Waals surface area contributed by atoms with E-state index in [4.69, 9.17) is 5.14 Å². The summed E-state index contributed by atoms with van der Waals surface area (Å²) in [5.74, 6) is 0. The van der Waals surface area contributed by atoms with Crippen LogP contribution in [0.3, 0.4) is 0 Å². The second kappa shape index (κ2) is 3.80. The van der Waals surface area contributed by atoms with Crippen LogP contribution in [0.4, 0.5) is 0 Å². The standard InChI is InChI=1S/C5H11N3OS/c6-10-8-3-1-7(5-9)2-4-8/h5H,1-4,6H2. The Morgan fingerprint density at radius 2 is 1.90 bits per heavy atom. The molecule has 4 nitrogen and oxygen atoms in total. The van der Waals surface area contributed by atoms with E-state index in [1.165, 1.54) is 12.1 Å². The van der Waals surface area contributed by atoms with Crippen molar-refractivity contribution in [3.63, 3.8) is 0 Å². The molecule has 1 fully saturated rings. The molecule has 0 aromatic heterocycles. The van der Waals surface area contributed by atoms with Gasteiger partial charge in [0.1, 0.15) is 0 Å². The molecule has 2 N–H and O–H groups in total. The highest BCUT2D eigenvalue weighted by molar-refractivity contribution is 7.94. The highest BCUT2D eigenvalue weighted by Crippen LogP contribution is 2.05. The topological polar surface area (TPSA) is 49.6 Å². The molecule has 1 aliphatic heterocycles. The van der Waals surface area contributed by atoms with Gasteiger partial charge in [0.15, 0.2) is 0 Å². The Labute approximate surface area is 64.6 Å². The van der Waals surface area contributed by atoms with E-state index in [-0.39, 0.29) is 0 Å². The highest BCUT2D eigenvalue weighted by Gasteiger charge is 2.13. The Morgan fingerprint density at radius 3 is 2.30 bits per heavy atom. The third-order valence-corrected chi connectivity index (χ3v) is 2.23. The largest absolute Gasteiger partial charge is 0.343 e. The van der Waals surface area contributed by atoms with Crippen LogP contribution in [-0.4, -0.2) is 41.8 Å². The summed E-state index contributed by atoms with van der Waals surface area (Å²) in [5.41, 5.74) is 0. The average molecular weight is 161 g/mol. The molecule has 0 aromatic carbocycles. The van der Waals surface area contributed by atoms with Crippen molar-refractivity contribution in [1.29, 1.82) is 0 Å². The maximum Gasteiger partial charge on any atom is 0.209 e. The first-order valence-corrected chi connectivity index (χ1v) is 4.01. The average Bonchev–Trinajstić information content (AvgIpc) is 2.05. The number of nitrogens with zero attached hydrogens (tertiary/aromatic N) is 2. The molecule has 0 radical (unpaired) electrons. The minimum absolute atomic E-state index is 0.799. The summed E-state index contributed by atoms with van der Waals surface area (Å²) in [6.45, 7) is 3.35. The van der Waals surface area contributed by atoms with Gasteiger partial charge in [0.2, 0.25) is 6.41 Å². The minimum atomic E-state index is 0.799. The Balaban J connectivity index is 2.23. The monoisotopic (exact) mass is 161 g/mol. The van der Waals surface area contributed by atoms with E-state index in [9.17, 15) is 4.79 Å². The number of hydrogen-bond acceptors (Lipinski definition) is 4. The van der Waals surface area contributed by atoms with Crippen LogP contribution >= 0.6 is 12.1 Å². The van der Waals surface area contributed by atoms with Gasteiger partial charge in [0.25, 0.3) is 0 Å². The van der Waals surface area contributed by atoms with Crippen LogP contribution in [0, 0.1) is 0 Å². The molecule has 0 atom stereocenters. The fourth-order valence-corrected chi connectivity index (χ4v) is 1.29. The van der Waals surface area contributed by atoms with Gasteiger partial charge in [-0.1, -0.05) is 0 Å². The molecular weight excluding hydrogens is 150 g/mol. The van der Waals surface area contributed by atoms with Gasteiger partial charge in [0, 0.05) is 38.3 Å². The van der Waals surface area contributed by atoms with E-state index in [1.807, 2.05) is 4.31 Å². The van der Waals surface area contributed by atoms with Crippen LogP contribution in [0.5, 0.6) is 0 Å². The first-order valence-electron chi connectivity index (χ1n) is 3.18. The number of carbonyl (C=O) groups excluding carboxylic acids is 1. The smallest absolute Gasteiger partial charge is 0.209 e. The van der Waals surface area contributed by atoms with Crippen molar-refractivity contribution >= 4 is 18.5 Å². The van der Waals surface area contributed by atoms with Crippen molar-refractivity contribution in [2.75, 3.05) is 26.2 Å². The van der Waals surface area contributed by atoms with E-state index in [1.54, 1.807) is 4.90 Å². The molecule has 0 spiro atoms. The number of piperazine rings is 1. The SMILES string of the molecule is NSN1CCN(C=O)CC1. The molecular formula is C5H11N3OS. The first kappa shape index (κ1) is 7.84. The van der Waals surface area contributed by atoms with Crippen LogP contribution in [0.1, 0.15) is 0 Å². The van der Waals surface area contributed by atoms with Crippen molar-refractivity contribution in [3.05, 3.63) is 0 Å². The van der Waals surface area contributed by atoms with Crippen molar-refractivity contribution in [1.82, 2.24) is 9.21 Å². The number of amides is 1. The quantitative estimate of drug-likeness (QED) is 0.429. The zero-order valence-corrected chi connectivity index (χ0v) is 6.51. The van der Waals surface area contributed by atoms with E-state index >= 15 is 0 Å². The fourth-order valence-electron chi connectivity index (χ4n) is 0.914. The zero-order valence-electron chi connectivity index (χ0n) is 5.69. The lowest BCUT2D eigenvalue weighted by atomic mass is 10.4. The van der Waals surface area contributed by atoms with Crippen molar-refractivity contribution < 1.29 is 4.79 Å². The van der Waals surface area contributed by atoms with Gasteiger partial charge >= 0.3 is 0 Å². The van der Waals surface area contributed by atoms with Crippen LogP contribution in [0.25, 0.3) is 0 Å². The van der Waals surface area contributed by atoms with Gasteiger partial charge in [-0.3, -0.25) is 9.93 Å². The van der Waals surface area contributed by atoms with Crippen molar-refractivity contribution in [3.8, 4) is 0 Å². The third-order valence-electron chi connectivity index (χ3n) is 1.57. The van der Waals surface area contributed by atoms with E-state index in [0.29, 0.717) is 0 Å². The summed E-state index contributed by atoms with van der Waals surface area (Å²) in [4.78, 5) is 12.0. The van der Waals surface area contributed by atoms with Gasteiger partial charge in [-0.15, -0.1) is 0 Å². The van der Waals surface area contributed by atoms with Gasteiger partial charge in [0.05, 0.1) is 0 Å².